The van der Waals surface area contributed by atoms with Crippen LogP contribution in [-0.2, 0) is 20.2 Å². The Labute approximate surface area is 169 Å². The minimum absolute atomic E-state index is 0.00446. The van der Waals surface area contributed by atoms with Crippen molar-refractivity contribution in [3.63, 3.8) is 0 Å². The summed E-state index contributed by atoms with van der Waals surface area (Å²) in [6.07, 6.45) is 3.54. The van der Waals surface area contributed by atoms with Crippen molar-refractivity contribution < 1.29 is 18.8 Å². The Morgan fingerprint density at radius 2 is 1.97 bits per heavy atom. The molecule has 0 spiro atoms. The predicted molar refractivity (Wildman–Crippen MR) is 105 cm³/mol. The number of amides is 1. The maximum atomic E-state index is 12.9. The Morgan fingerprint density at radius 3 is 2.55 bits per heavy atom. The number of hydrogen-bond acceptors (Lipinski definition) is 6. The van der Waals surface area contributed by atoms with Gasteiger partial charge in [0.05, 0.1) is 6.54 Å². The largest absolute Gasteiger partial charge is 0.486 e. The van der Waals surface area contributed by atoms with Crippen LogP contribution in [0.4, 0.5) is 0 Å². The van der Waals surface area contributed by atoms with Crippen molar-refractivity contribution in [1.29, 1.82) is 0 Å². The average Bonchev–Trinajstić information content (AvgIpc) is 3.33. The molecule has 0 radical (unpaired) electrons. The number of benzene rings is 1. The number of carbonyl (C=O) groups is 2. The third-order valence-electron chi connectivity index (χ3n) is 4.54. The van der Waals surface area contributed by atoms with Gasteiger partial charge < -0.3 is 18.7 Å². The number of carbonyl (C=O) groups excluding carboxylic acids is 2. The van der Waals surface area contributed by atoms with Gasteiger partial charge in [-0.15, -0.1) is 0 Å². The zero-order chi connectivity index (χ0) is 21.0. The number of ether oxygens (including phenoxy) is 1. The third kappa shape index (κ3) is 4.90. The van der Waals surface area contributed by atoms with Crippen molar-refractivity contribution in [2.45, 2.75) is 40.0 Å². The van der Waals surface area contributed by atoms with E-state index < -0.39 is 0 Å². The molecule has 29 heavy (non-hydrogen) atoms. The maximum Gasteiger partial charge on any atom is 0.276 e. The first kappa shape index (κ1) is 20.3. The van der Waals surface area contributed by atoms with E-state index in [2.05, 4.69) is 10.1 Å². The van der Waals surface area contributed by atoms with Crippen molar-refractivity contribution >= 4 is 11.7 Å². The molecule has 3 aromatic rings. The zero-order valence-corrected chi connectivity index (χ0v) is 17.0. The Bertz CT molecular complexity index is 988. The molecule has 0 fully saturated rings. The fourth-order valence-electron chi connectivity index (χ4n) is 2.76. The summed E-state index contributed by atoms with van der Waals surface area (Å²) in [6, 6.07) is 8.38. The number of Topliss-reactive ketones (excluding diaryl/α,β-unsaturated/α-hetero) is 1. The molecule has 0 N–H and O–H groups in total. The zero-order valence-electron chi connectivity index (χ0n) is 17.0. The molecule has 2 heterocycles. The smallest absolute Gasteiger partial charge is 0.276 e. The van der Waals surface area contributed by atoms with E-state index in [1.807, 2.05) is 31.7 Å². The lowest BCUT2D eigenvalue weighted by Crippen LogP contribution is -2.37. The first-order valence-corrected chi connectivity index (χ1v) is 9.31. The number of imidazole rings is 1. The van der Waals surface area contributed by atoms with Crippen LogP contribution in [0, 0.1) is 0 Å². The molecule has 1 aromatic carbocycles. The summed E-state index contributed by atoms with van der Waals surface area (Å²) in [7, 11) is 1.89. The molecule has 152 valence electrons. The van der Waals surface area contributed by atoms with Crippen molar-refractivity contribution in [3.8, 4) is 5.75 Å². The Kier molecular flexibility index (Phi) is 6.11. The van der Waals surface area contributed by atoms with E-state index in [1.54, 1.807) is 41.4 Å². The van der Waals surface area contributed by atoms with Crippen LogP contribution in [-0.4, -0.2) is 37.3 Å². The monoisotopic (exact) mass is 396 g/mol. The van der Waals surface area contributed by atoms with Gasteiger partial charge in [-0.25, -0.2) is 4.98 Å². The number of rotatable bonds is 8. The van der Waals surface area contributed by atoms with Crippen LogP contribution in [0.3, 0.4) is 0 Å². The molecule has 0 bridgehead atoms. The van der Waals surface area contributed by atoms with E-state index in [-0.39, 0.29) is 30.0 Å². The lowest BCUT2D eigenvalue weighted by molar-refractivity contribution is 0.0672. The van der Waals surface area contributed by atoms with E-state index >= 15 is 0 Å². The molecule has 0 aliphatic carbocycles. The molecule has 0 saturated heterocycles. The number of nitrogens with zero attached hydrogens (tertiary/aromatic N) is 4. The highest BCUT2D eigenvalue weighted by Crippen LogP contribution is 2.17. The lowest BCUT2D eigenvalue weighted by Gasteiger charge is -2.25. The van der Waals surface area contributed by atoms with Crippen molar-refractivity contribution in [2.24, 2.45) is 7.05 Å². The molecule has 0 aliphatic rings. The molecule has 0 atom stereocenters. The predicted octanol–water partition coefficient (Wildman–Crippen LogP) is 3.24. The van der Waals surface area contributed by atoms with Gasteiger partial charge in [0.1, 0.15) is 18.2 Å². The van der Waals surface area contributed by atoms with E-state index in [0.717, 1.165) is 5.82 Å². The van der Waals surface area contributed by atoms with Gasteiger partial charge in [0, 0.05) is 37.1 Å². The van der Waals surface area contributed by atoms with Crippen LogP contribution in [0.15, 0.2) is 47.2 Å². The molecule has 2 aromatic heterocycles. The molecule has 3 rings (SSSR count). The quantitative estimate of drug-likeness (QED) is 0.543. The van der Waals surface area contributed by atoms with Crippen LogP contribution in [0.5, 0.6) is 5.75 Å². The van der Waals surface area contributed by atoms with Gasteiger partial charge in [-0.1, -0.05) is 5.16 Å². The summed E-state index contributed by atoms with van der Waals surface area (Å²) in [5.41, 5.74) is 0.838. The molecule has 8 nitrogen and oxygen atoms in total. The van der Waals surface area contributed by atoms with Crippen LogP contribution in [0.25, 0.3) is 0 Å². The highest BCUT2D eigenvalue weighted by atomic mass is 16.5. The first-order valence-electron chi connectivity index (χ1n) is 9.31. The van der Waals surface area contributed by atoms with Gasteiger partial charge in [0.15, 0.2) is 17.2 Å². The summed E-state index contributed by atoms with van der Waals surface area (Å²) < 4.78 is 12.8. The topological polar surface area (TPSA) is 90.5 Å². The maximum absolute atomic E-state index is 12.9. The second-order valence-electron chi connectivity index (χ2n) is 7.03. The minimum Gasteiger partial charge on any atom is -0.486 e. The Hall–Kier alpha value is -3.42. The van der Waals surface area contributed by atoms with Gasteiger partial charge >= 0.3 is 0 Å². The number of ketones is 1. The normalized spacial score (nSPS) is 10.9. The van der Waals surface area contributed by atoms with Crippen LogP contribution >= 0.6 is 0 Å². The van der Waals surface area contributed by atoms with Crippen molar-refractivity contribution in [2.75, 3.05) is 0 Å². The Balaban J connectivity index is 1.65. The fourth-order valence-corrected chi connectivity index (χ4v) is 2.76. The number of aromatic nitrogens is 3. The summed E-state index contributed by atoms with van der Waals surface area (Å²) in [5.74, 6) is 1.58. The summed E-state index contributed by atoms with van der Waals surface area (Å²) in [5, 5.41) is 3.90. The van der Waals surface area contributed by atoms with Gasteiger partial charge in [0.25, 0.3) is 5.91 Å². The van der Waals surface area contributed by atoms with E-state index in [9.17, 15) is 9.59 Å². The highest BCUT2D eigenvalue weighted by Gasteiger charge is 2.24. The summed E-state index contributed by atoms with van der Waals surface area (Å²) in [6.45, 7) is 5.89. The van der Waals surface area contributed by atoms with E-state index in [0.29, 0.717) is 23.6 Å². The first-order chi connectivity index (χ1) is 13.8. The second-order valence-corrected chi connectivity index (χ2v) is 7.03. The number of hydrogen-bond donors (Lipinski definition) is 0. The summed E-state index contributed by atoms with van der Waals surface area (Å²) in [4.78, 5) is 30.2. The molecule has 0 unspecified atom stereocenters. The van der Waals surface area contributed by atoms with Gasteiger partial charge in [-0.05, 0) is 45.0 Å². The van der Waals surface area contributed by atoms with Crippen LogP contribution in [0.2, 0.25) is 0 Å². The molecule has 1 amide bonds. The van der Waals surface area contributed by atoms with Crippen LogP contribution in [0.1, 0.15) is 53.2 Å². The van der Waals surface area contributed by atoms with E-state index in [1.165, 1.54) is 6.92 Å². The third-order valence-corrected chi connectivity index (χ3v) is 4.54. The second kappa shape index (κ2) is 8.72. The lowest BCUT2D eigenvalue weighted by atomic mass is 10.1. The van der Waals surface area contributed by atoms with E-state index in [4.69, 9.17) is 9.26 Å². The van der Waals surface area contributed by atoms with Crippen molar-refractivity contribution in [3.05, 3.63) is 65.6 Å². The number of aryl methyl sites for hydroxylation is 1. The standard InChI is InChI=1S/C21H24N4O4/c1-14(2)25(12-20-22-9-10-24(20)4)21(27)19-11-18(29-23-19)13-28-17-7-5-16(6-8-17)15(3)26/h5-11,14H,12-13H2,1-4H3. The Morgan fingerprint density at radius 1 is 1.24 bits per heavy atom. The molecule has 0 aliphatic heterocycles. The van der Waals surface area contributed by atoms with Crippen LogP contribution < -0.4 is 4.74 Å². The van der Waals surface area contributed by atoms with Gasteiger partial charge in [-0.2, -0.15) is 0 Å². The molecule has 0 saturated carbocycles. The minimum atomic E-state index is -0.233. The molecule has 8 heteroatoms. The SMILES string of the molecule is CC(=O)c1ccc(OCc2cc(C(=O)N(Cc3nccn3C)C(C)C)no2)cc1. The highest BCUT2D eigenvalue weighted by molar-refractivity contribution is 5.94. The van der Waals surface area contributed by atoms with Gasteiger partial charge in [0.2, 0.25) is 0 Å². The molecular formula is C21H24N4O4. The fraction of sp³-hybridized carbons (Fsp3) is 0.333. The average molecular weight is 396 g/mol. The van der Waals surface area contributed by atoms with Crippen molar-refractivity contribution in [1.82, 2.24) is 19.6 Å². The summed E-state index contributed by atoms with van der Waals surface area (Å²) >= 11 is 0. The molecular weight excluding hydrogens is 372 g/mol. The van der Waals surface area contributed by atoms with Gasteiger partial charge in [-0.3, -0.25) is 9.59 Å².